The van der Waals surface area contributed by atoms with Crippen molar-refractivity contribution in [3.05, 3.63) is 89.8 Å². The first-order valence-electron chi connectivity index (χ1n) is 10.8. The van der Waals surface area contributed by atoms with Gasteiger partial charge in [-0.05, 0) is 61.0 Å². The van der Waals surface area contributed by atoms with Gasteiger partial charge in [-0.25, -0.2) is 9.40 Å². The Hall–Kier alpha value is -4.66. The number of carbonyl (C=O) groups is 3. The Balaban J connectivity index is 1.48. The van der Waals surface area contributed by atoms with Crippen LogP contribution in [0, 0.1) is 5.82 Å². The van der Waals surface area contributed by atoms with Crippen molar-refractivity contribution in [2.75, 3.05) is 23.5 Å². The molecule has 2 N–H and O–H groups in total. The predicted octanol–water partition coefficient (Wildman–Crippen LogP) is 3.70. The molecule has 0 aromatic heterocycles. The maximum atomic E-state index is 13.3. The van der Waals surface area contributed by atoms with Gasteiger partial charge in [0.05, 0.1) is 12.3 Å². The number of carbonyl (C=O) groups excluding carboxylic acids is 3. The number of para-hydroxylation sites is 1. The summed E-state index contributed by atoms with van der Waals surface area (Å²) in [5.74, 6) is -1.30. The van der Waals surface area contributed by atoms with Crippen LogP contribution in [0.3, 0.4) is 0 Å². The molecule has 0 saturated carbocycles. The molecule has 8 nitrogen and oxygen atoms in total. The topological polar surface area (TPSA) is 97.0 Å². The zero-order valence-electron chi connectivity index (χ0n) is 18.8. The number of rotatable bonds is 8. The van der Waals surface area contributed by atoms with Crippen LogP contribution in [0.4, 0.5) is 15.8 Å². The number of hydrogen-bond acceptors (Lipinski definition) is 5. The zero-order valence-corrected chi connectivity index (χ0v) is 18.8. The summed E-state index contributed by atoms with van der Waals surface area (Å²) < 4.78 is 24.5. The van der Waals surface area contributed by atoms with Crippen molar-refractivity contribution in [3.8, 4) is 11.5 Å². The molecule has 178 valence electrons. The Morgan fingerprint density at radius 1 is 1.00 bits per heavy atom. The molecule has 3 aromatic carbocycles. The molecule has 0 spiro atoms. The standard InChI is InChI=1S/C26H22FN3O5/c1-2-34-23-14-17(13-21-25(32)29-30(26(21)33)20-9-4-3-5-10-20)11-12-22(23)35-16-24(31)28-19-8-6-7-18(27)15-19/h3-15H,2,16H2,1H3,(H,28,31)(H,29,32). The number of anilines is 2. The predicted molar refractivity (Wildman–Crippen MR) is 128 cm³/mol. The summed E-state index contributed by atoms with van der Waals surface area (Å²) in [5, 5.41) is 3.74. The highest BCUT2D eigenvalue weighted by Gasteiger charge is 2.34. The zero-order chi connectivity index (χ0) is 24.8. The normalized spacial score (nSPS) is 14.1. The molecule has 3 aromatic rings. The van der Waals surface area contributed by atoms with Gasteiger partial charge < -0.3 is 14.8 Å². The van der Waals surface area contributed by atoms with Crippen molar-refractivity contribution in [1.82, 2.24) is 5.43 Å². The van der Waals surface area contributed by atoms with Crippen molar-refractivity contribution >= 4 is 35.2 Å². The Kier molecular flexibility index (Phi) is 7.06. The number of hydrogen-bond donors (Lipinski definition) is 2. The number of nitrogens with one attached hydrogen (secondary N) is 2. The fourth-order valence-electron chi connectivity index (χ4n) is 3.39. The van der Waals surface area contributed by atoms with E-state index >= 15 is 0 Å². The molecule has 0 atom stereocenters. The average Bonchev–Trinajstić information content (AvgIpc) is 3.13. The van der Waals surface area contributed by atoms with E-state index in [9.17, 15) is 18.8 Å². The number of hydrazine groups is 1. The largest absolute Gasteiger partial charge is 0.490 e. The summed E-state index contributed by atoms with van der Waals surface area (Å²) in [5.41, 5.74) is 3.92. The fourth-order valence-corrected chi connectivity index (χ4v) is 3.39. The van der Waals surface area contributed by atoms with Crippen LogP contribution in [0.25, 0.3) is 6.08 Å². The minimum Gasteiger partial charge on any atom is -0.490 e. The summed E-state index contributed by atoms with van der Waals surface area (Å²) in [6.07, 6.45) is 1.46. The number of benzene rings is 3. The SMILES string of the molecule is CCOc1cc(C=C2C(=O)NN(c3ccccc3)C2=O)ccc1OCC(=O)Nc1cccc(F)c1. The van der Waals surface area contributed by atoms with Crippen molar-refractivity contribution in [3.63, 3.8) is 0 Å². The molecule has 4 rings (SSSR count). The fraction of sp³-hybridized carbons (Fsp3) is 0.115. The number of nitrogens with zero attached hydrogens (tertiary/aromatic N) is 1. The molecule has 1 aliphatic rings. The molecule has 0 unspecified atom stereocenters. The summed E-state index contributed by atoms with van der Waals surface area (Å²) in [6.45, 7) is 1.79. The van der Waals surface area contributed by atoms with Crippen LogP contribution in [-0.4, -0.2) is 30.9 Å². The molecule has 0 aliphatic carbocycles. The van der Waals surface area contributed by atoms with Crippen LogP contribution in [0.2, 0.25) is 0 Å². The van der Waals surface area contributed by atoms with Gasteiger partial charge in [0, 0.05) is 5.69 Å². The summed E-state index contributed by atoms with van der Waals surface area (Å²) in [7, 11) is 0. The third-order valence-electron chi connectivity index (χ3n) is 4.95. The van der Waals surface area contributed by atoms with Crippen molar-refractivity contribution in [2.45, 2.75) is 6.92 Å². The van der Waals surface area contributed by atoms with Crippen molar-refractivity contribution < 1.29 is 28.2 Å². The van der Waals surface area contributed by atoms with Crippen LogP contribution < -0.4 is 25.2 Å². The lowest BCUT2D eigenvalue weighted by Crippen LogP contribution is -2.35. The smallest absolute Gasteiger partial charge is 0.282 e. The van der Waals surface area contributed by atoms with E-state index in [0.29, 0.717) is 35.0 Å². The van der Waals surface area contributed by atoms with Gasteiger partial charge >= 0.3 is 0 Å². The Bertz CT molecular complexity index is 1290. The summed E-state index contributed by atoms with van der Waals surface area (Å²) in [6, 6.07) is 19.1. The third kappa shape index (κ3) is 5.64. The van der Waals surface area contributed by atoms with E-state index in [0.717, 1.165) is 0 Å². The number of ether oxygens (including phenoxy) is 2. The van der Waals surface area contributed by atoms with Gasteiger partial charge in [-0.2, -0.15) is 0 Å². The highest BCUT2D eigenvalue weighted by molar-refractivity contribution is 6.31. The first kappa shape index (κ1) is 23.5. The monoisotopic (exact) mass is 475 g/mol. The minimum absolute atomic E-state index is 0.0283. The Morgan fingerprint density at radius 3 is 2.54 bits per heavy atom. The van der Waals surface area contributed by atoms with Gasteiger partial charge in [-0.1, -0.05) is 30.3 Å². The molecule has 1 saturated heterocycles. The Labute approximate surface area is 200 Å². The highest BCUT2D eigenvalue weighted by atomic mass is 19.1. The lowest BCUT2D eigenvalue weighted by Gasteiger charge is -2.14. The molecule has 0 radical (unpaired) electrons. The molecule has 1 aliphatic heterocycles. The van der Waals surface area contributed by atoms with Gasteiger partial charge in [0.1, 0.15) is 11.4 Å². The summed E-state index contributed by atoms with van der Waals surface area (Å²) >= 11 is 0. The lowest BCUT2D eigenvalue weighted by atomic mass is 10.1. The first-order chi connectivity index (χ1) is 16.9. The van der Waals surface area contributed by atoms with Crippen LogP contribution >= 0.6 is 0 Å². The Morgan fingerprint density at radius 2 is 1.80 bits per heavy atom. The van der Waals surface area contributed by atoms with Crippen LogP contribution in [0.1, 0.15) is 12.5 Å². The molecular weight excluding hydrogens is 453 g/mol. The minimum atomic E-state index is -0.522. The van der Waals surface area contributed by atoms with Crippen LogP contribution in [0.15, 0.2) is 78.4 Å². The molecule has 1 fully saturated rings. The quantitative estimate of drug-likeness (QED) is 0.383. The van der Waals surface area contributed by atoms with Crippen molar-refractivity contribution in [1.29, 1.82) is 0 Å². The number of amides is 3. The third-order valence-corrected chi connectivity index (χ3v) is 4.95. The van der Waals surface area contributed by atoms with E-state index in [1.165, 1.54) is 29.3 Å². The van der Waals surface area contributed by atoms with E-state index < -0.39 is 23.5 Å². The molecule has 35 heavy (non-hydrogen) atoms. The molecular formula is C26H22FN3O5. The lowest BCUT2D eigenvalue weighted by molar-refractivity contribution is -0.118. The average molecular weight is 475 g/mol. The second kappa shape index (κ2) is 10.5. The van der Waals surface area contributed by atoms with E-state index in [1.54, 1.807) is 55.5 Å². The molecule has 3 amide bonds. The van der Waals surface area contributed by atoms with Gasteiger partial charge in [0.25, 0.3) is 17.7 Å². The van der Waals surface area contributed by atoms with Crippen LogP contribution in [0.5, 0.6) is 11.5 Å². The number of halogens is 1. The first-order valence-corrected chi connectivity index (χ1v) is 10.8. The molecule has 9 heteroatoms. The second-order valence-electron chi connectivity index (χ2n) is 7.46. The van der Waals surface area contributed by atoms with Gasteiger partial charge in [-0.15, -0.1) is 0 Å². The van der Waals surface area contributed by atoms with E-state index in [2.05, 4.69) is 10.7 Å². The van der Waals surface area contributed by atoms with E-state index in [1.807, 2.05) is 6.07 Å². The van der Waals surface area contributed by atoms with E-state index in [4.69, 9.17) is 9.47 Å². The maximum absolute atomic E-state index is 13.3. The van der Waals surface area contributed by atoms with Gasteiger partial charge in [-0.3, -0.25) is 19.8 Å². The maximum Gasteiger partial charge on any atom is 0.282 e. The van der Waals surface area contributed by atoms with E-state index in [-0.39, 0.29) is 12.2 Å². The summed E-state index contributed by atoms with van der Waals surface area (Å²) in [4.78, 5) is 37.4. The van der Waals surface area contributed by atoms with Gasteiger partial charge in [0.2, 0.25) is 0 Å². The second-order valence-corrected chi connectivity index (χ2v) is 7.46. The molecule has 0 bridgehead atoms. The van der Waals surface area contributed by atoms with Crippen LogP contribution in [-0.2, 0) is 14.4 Å². The van der Waals surface area contributed by atoms with Crippen molar-refractivity contribution in [2.24, 2.45) is 0 Å². The van der Waals surface area contributed by atoms with Gasteiger partial charge in [0.15, 0.2) is 18.1 Å². The highest BCUT2D eigenvalue weighted by Crippen LogP contribution is 2.30. The molecule has 1 heterocycles.